The molecule has 0 spiro atoms. The van der Waals surface area contributed by atoms with E-state index in [2.05, 4.69) is 5.32 Å². The Kier molecular flexibility index (Phi) is 6.73. The predicted molar refractivity (Wildman–Crippen MR) is 76.4 cm³/mol. The quantitative estimate of drug-likeness (QED) is 0.866. The van der Waals surface area contributed by atoms with Gasteiger partial charge in [-0.15, -0.1) is 12.4 Å². The van der Waals surface area contributed by atoms with Crippen LogP contribution in [0, 0.1) is 0 Å². The monoisotopic (exact) mass is 272 g/mol. The van der Waals surface area contributed by atoms with Crippen molar-refractivity contribution in [2.24, 2.45) is 5.73 Å². The first-order chi connectivity index (χ1) is 7.99. The van der Waals surface area contributed by atoms with Crippen LogP contribution in [0.4, 0.5) is 5.69 Å². The molecule has 18 heavy (non-hydrogen) atoms. The number of nitrogens with one attached hydrogen (secondary N) is 1. The van der Waals surface area contributed by atoms with Crippen LogP contribution in [-0.2, 0) is 4.79 Å². The van der Waals surface area contributed by atoms with Gasteiger partial charge in [-0.2, -0.15) is 0 Å². The van der Waals surface area contributed by atoms with Gasteiger partial charge in [0.15, 0.2) is 0 Å². The van der Waals surface area contributed by atoms with E-state index in [0.717, 1.165) is 6.42 Å². The first-order valence-electron chi connectivity index (χ1n) is 5.74. The molecule has 1 rings (SSSR count). The second kappa shape index (κ2) is 7.24. The minimum absolute atomic E-state index is 0. The Balaban J connectivity index is 0.00000289. The highest BCUT2D eigenvalue weighted by atomic mass is 35.5. The number of ether oxygens (including phenoxy) is 1. The van der Waals surface area contributed by atoms with Crippen molar-refractivity contribution in [1.82, 2.24) is 0 Å². The molecule has 1 aromatic carbocycles. The van der Waals surface area contributed by atoms with Crippen LogP contribution in [0.5, 0.6) is 5.75 Å². The van der Waals surface area contributed by atoms with Crippen molar-refractivity contribution in [3.63, 3.8) is 0 Å². The van der Waals surface area contributed by atoms with Crippen LogP contribution >= 0.6 is 12.4 Å². The van der Waals surface area contributed by atoms with Gasteiger partial charge in [0.1, 0.15) is 5.75 Å². The highest BCUT2D eigenvalue weighted by Gasteiger charge is 2.27. The van der Waals surface area contributed by atoms with Crippen molar-refractivity contribution >= 4 is 24.0 Å². The summed E-state index contributed by atoms with van der Waals surface area (Å²) in [5.41, 5.74) is 5.81. The third-order valence-electron chi connectivity index (χ3n) is 2.62. The van der Waals surface area contributed by atoms with Crippen LogP contribution in [0.2, 0.25) is 0 Å². The number of hydrogen-bond donors (Lipinski definition) is 2. The second-order valence-corrected chi connectivity index (χ2v) is 4.35. The number of rotatable bonds is 5. The summed E-state index contributed by atoms with van der Waals surface area (Å²) in [5, 5.41) is 2.80. The number of hydrogen-bond acceptors (Lipinski definition) is 3. The molecule has 0 fully saturated rings. The molecule has 1 unspecified atom stereocenters. The maximum Gasteiger partial charge on any atom is 0.244 e. The molecule has 0 saturated carbocycles. The van der Waals surface area contributed by atoms with Crippen LogP contribution in [0.25, 0.3) is 0 Å². The number of benzene rings is 1. The lowest BCUT2D eigenvalue weighted by Gasteiger charge is -2.22. The maximum atomic E-state index is 11.9. The molecule has 1 atom stereocenters. The van der Waals surface area contributed by atoms with Crippen LogP contribution < -0.4 is 15.8 Å². The molecule has 0 aromatic heterocycles. The third-order valence-corrected chi connectivity index (χ3v) is 2.62. The van der Waals surface area contributed by atoms with Crippen LogP contribution in [0.1, 0.15) is 26.7 Å². The second-order valence-electron chi connectivity index (χ2n) is 4.35. The number of amides is 1. The summed E-state index contributed by atoms with van der Waals surface area (Å²) in [7, 11) is 1.59. The van der Waals surface area contributed by atoms with Crippen molar-refractivity contribution in [2.45, 2.75) is 32.2 Å². The van der Waals surface area contributed by atoms with E-state index in [0.29, 0.717) is 17.9 Å². The van der Waals surface area contributed by atoms with Gasteiger partial charge < -0.3 is 15.8 Å². The number of anilines is 1. The molecule has 102 valence electrons. The lowest BCUT2D eigenvalue weighted by atomic mass is 9.96. The van der Waals surface area contributed by atoms with Gasteiger partial charge in [-0.05, 0) is 25.5 Å². The zero-order chi connectivity index (χ0) is 12.9. The first kappa shape index (κ1) is 16.7. The van der Waals surface area contributed by atoms with Crippen molar-refractivity contribution in [3.05, 3.63) is 24.3 Å². The zero-order valence-corrected chi connectivity index (χ0v) is 11.8. The Morgan fingerprint density at radius 1 is 1.50 bits per heavy atom. The van der Waals surface area contributed by atoms with E-state index >= 15 is 0 Å². The number of methoxy groups -OCH3 is 1. The normalized spacial score (nSPS) is 13.1. The van der Waals surface area contributed by atoms with Crippen LogP contribution in [0.3, 0.4) is 0 Å². The fourth-order valence-electron chi connectivity index (χ4n) is 1.61. The van der Waals surface area contributed by atoms with Crippen molar-refractivity contribution in [3.8, 4) is 5.75 Å². The fraction of sp³-hybridized carbons (Fsp3) is 0.462. The van der Waals surface area contributed by atoms with E-state index in [9.17, 15) is 4.79 Å². The topological polar surface area (TPSA) is 64.4 Å². The number of nitrogens with two attached hydrogens (primary N) is 1. The minimum atomic E-state index is -0.835. The molecule has 0 bridgehead atoms. The van der Waals surface area contributed by atoms with Gasteiger partial charge >= 0.3 is 0 Å². The average molecular weight is 273 g/mol. The Labute approximate surface area is 114 Å². The zero-order valence-electron chi connectivity index (χ0n) is 11.0. The van der Waals surface area contributed by atoms with Crippen LogP contribution in [0.15, 0.2) is 24.3 Å². The van der Waals surface area contributed by atoms with Gasteiger partial charge in [-0.3, -0.25) is 4.79 Å². The Morgan fingerprint density at radius 3 is 2.72 bits per heavy atom. The molecule has 0 aliphatic carbocycles. The molecule has 0 aliphatic heterocycles. The molecular formula is C13H21ClN2O2. The number of carbonyl (C=O) groups excluding carboxylic acids is 1. The van der Waals surface area contributed by atoms with E-state index in [4.69, 9.17) is 10.5 Å². The molecule has 4 nitrogen and oxygen atoms in total. The molecule has 1 amide bonds. The lowest BCUT2D eigenvalue weighted by molar-refractivity contribution is -0.120. The largest absolute Gasteiger partial charge is 0.497 e. The van der Waals surface area contributed by atoms with E-state index < -0.39 is 5.54 Å². The Morgan fingerprint density at radius 2 is 2.17 bits per heavy atom. The minimum Gasteiger partial charge on any atom is -0.497 e. The fourth-order valence-corrected chi connectivity index (χ4v) is 1.61. The van der Waals surface area contributed by atoms with E-state index in [1.54, 1.807) is 20.1 Å². The standard InChI is InChI=1S/C13H20N2O2.ClH/c1-4-8-13(2,14)12(16)15-10-6-5-7-11(9-10)17-3;/h5-7,9H,4,8,14H2,1-3H3,(H,15,16);1H. The molecule has 0 aliphatic rings. The molecule has 0 saturated heterocycles. The molecule has 0 heterocycles. The molecule has 0 radical (unpaired) electrons. The van der Waals surface area contributed by atoms with Crippen molar-refractivity contribution in [1.29, 1.82) is 0 Å². The summed E-state index contributed by atoms with van der Waals surface area (Å²) in [6, 6.07) is 7.22. The predicted octanol–water partition coefficient (Wildman–Crippen LogP) is 2.57. The van der Waals surface area contributed by atoms with Crippen LogP contribution in [-0.4, -0.2) is 18.6 Å². The van der Waals surface area contributed by atoms with E-state index in [1.165, 1.54) is 0 Å². The summed E-state index contributed by atoms with van der Waals surface area (Å²) in [6.45, 7) is 3.75. The summed E-state index contributed by atoms with van der Waals surface area (Å²) >= 11 is 0. The molecule has 1 aromatic rings. The van der Waals surface area contributed by atoms with Crippen molar-refractivity contribution < 1.29 is 9.53 Å². The van der Waals surface area contributed by atoms with Crippen molar-refractivity contribution in [2.75, 3.05) is 12.4 Å². The summed E-state index contributed by atoms with van der Waals surface area (Å²) in [4.78, 5) is 11.9. The summed E-state index contributed by atoms with van der Waals surface area (Å²) in [6.07, 6.45) is 1.53. The highest BCUT2D eigenvalue weighted by Crippen LogP contribution is 2.18. The van der Waals surface area contributed by atoms with Gasteiger partial charge in [0, 0.05) is 11.8 Å². The van der Waals surface area contributed by atoms with Gasteiger partial charge in [-0.25, -0.2) is 0 Å². The molecular weight excluding hydrogens is 252 g/mol. The molecule has 5 heteroatoms. The molecule has 3 N–H and O–H groups in total. The SMILES string of the molecule is CCCC(C)(N)C(=O)Nc1cccc(OC)c1.Cl. The smallest absolute Gasteiger partial charge is 0.244 e. The van der Waals surface area contributed by atoms with Gasteiger partial charge in [-0.1, -0.05) is 19.4 Å². The van der Waals surface area contributed by atoms with Gasteiger partial charge in [0.25, 0.3) is 0 Å². The maximum absolute atomic E-state index is 11.9. The first-order valence-corrected chi connectivity index (χ1v) is 5.74. The van der Waals surface area contributed by atoms with E-state index in [1.807, 2.05) is 25.1 Å². The Bertz CT molecular complexity index is 394. The lowest BCUT2D eigenvalue weighted by Crippen LogP contribution is -2.48. The highest BCUT2D eigenvalue weighted by molar-refractivity contribution is 5.97. The number of carbonyl (C=O) groups is 1. The Hall–Kier alpha value is -1.26. The van der Waals surface area contributed by atoms with E-state index in [-0.39, 0.29) is 18.3 Å². The van der Waals surface area contributed by atoms with Gasteiger partial charge in [0.2, 0.25) is 5.91 Å². The number of halogens is 1. The third kappa shape index (κ3) is 4.55. The van der Waals surface area contributed by atoms with Gasteiger partial charge in [0.05, 0.1) is 12.6 Å². The summed E-state index contributed by atoms with van der Waals surface area (Å²) < 4.78 is 5.09. The summed E-state index contributed by atoms with van der Waals surface area (Å²) in [5.74, 6) is 0.532. The average Bonchev–Trinajstić information content (AvgIpc) is 2.29.